The van der Waals surface area contributed by atoms with E-state index in [2.05, 4.69) is 4.98 Å². The molecule has 0 atom stereocenters. The first-order chi connectivity index (χ1) is 14.0. The van der Waals surface area contributed by atoms with Gasteiger partial charge in [0.2, 0.25) is 0 Å². The third kappa shape index (κ3) is 4.19. The molecule has 0 saturated carbocycles. The van der Waals surface area contributed by atoms with Crippen LogP contribution < -0.4 is 4.74 Å². The van der Waals surface area contributed by atoms with Gasteiger partial charge in [0.05, 0.1) is 5.69 Å². The van der Waals surface area contributed by atoms with E-state index in [4.69, 9.17) is 4.74 Å². The molecule has 0 amide bonds. The summed E-state index contributed by atoms with van der Waals surface area (Å²) in [7, 11) is 0. The Hall–Kier alpha value is -3.47. The number of carbonyl (C=O) groups excluding carboxylic acids is 1. The molecule has 5 heteroatoms. The van der Waals surface area contributed by atoms with E-state index in [1.54, 1.807) is 12.1 Å². The van der Waals surface area contributed by atoms with Crippen molar-refractivity contribution in [3.05, 3.63) is 95.2 Å². The summed E-state index contributed by atoms with van der Waals surface area (Å²) < 4.78 is 20.6. The fourth-order valence-electron chi connectivity index (χ4n) is 3.34. The predicted molar refractivity (Wildman–Crippen MR) is 110 cm³/mol. The zero-order valence-corrected chi connectivity index (χ0v) is 16.4. The maximum absolute atomic E-state index is 13.0. The minimum Gasteiger partial charge on any atom is -0.457 e. The summed E-state index contributed by atoms with van der Waals surface area (Å²) in [5.41, 5.74) is 4.33. The summed E-state index contributed by atoms with van der Waals surface area (Å²) in [6, 6.07) is 17.4. The fourth-order valence-corrected chi connectivity index (χ4v) is 3.34. The normalized spacial score (nSPS) is 11.0. The Balaban J connectivity index is 1.43. The number of halogens is 1. The second-order valence-corrected chi connectivity index (χ2v) is 7.10. The Morgan fingerprint density at radius 2 is 1.62 bits per heavy atom. The van der Waals surface area contributed by atoms with Crippen molar-refractivity contribution in [2.75, 3.05) is 0 Å². The van der Waals surface area contributed by atoms with Crippen molar-refractivity contribution >= 4 is 11.4 Å². The minimum atomic E-state index is -0.297. The molecular formula is C24H21FN2O2. The van der Waals surface area contributed by atoms with Crippen molar-refractivity contribution in [3.63, 3.8) is 0 Å². The Bertz CT molecular complexity index is 1160. The number of fused-ring (bicyclic) bond motifs is 1. The molecule has 0 saturated heterocycles. The van der Waals surface area contributed by atoms with Crippen molar-refractivity contribution in [2.24, 2.45) is 0 Å². The molecule has 0 fully saturated rings. The molecule has 0 spiro atoms. The molecule has 2 aromatic heterocycles. The van der Waals surface area contributed by atoms with Gasteiger partial charge >= 0.3 is 0 Å². The first-order valence-corrected chi connectivity index (χ1v) is 9.50. The highest BCUT2D eigenvalue weighted by Crippen LogP contribution is 2.23. The maximum Gasteiger partial charge on any atom is 0.181 e. The van der Waals surface area contributed by atoms with Crippen LogP contribution in [0.15, 0.2) is 66.9 Å². The molecular weight excluding hydrogens is 367 g/mol. The van der Waals surface area contributed by atoms with E-state index in [1.165, 1.54) is 12.1 Å². The number of nitrogens with zero attached hydrogens (tertiary/aromatic N) is 2. The van der Waals surface area contributed by atoms with Gasteiger partial charge in [0.15, 0.2) is 5.78 Å². The van der Waals surface area contributed by atoms with Gasteiger partial charge < -0.3 is 4.74 Å². The van der Waals surface area contributed by atoms with Crippen LogP contribution in [0.1, 0.15) is 33.7 Å². The lowest BCUT2D eigenvalue weighted by Gasteiger charge is -2.07. The summed E-state index contributed by atoms with van der Waals surface area (Å²) in [5.74, 6) is 1.02. The number of Topliss-reactive ketones (excluding diaryl/α,β-unsaturated/α-hetero) is 1. The molecule has 2 aromatic carbocycles. The highest BCUT2D eigenvalue weighted by Gasteiger charge is 2.16. The van der Waals surface area contributed by atoms with Crippen molar-refractivity contribution in [3.8, 4) is 11.5 Å². The van der Waals surface area contributed by atoms with Gasteiger partial charge in [0.1, 0.15) is 28.7 Å². The number of imidazole rings is 1. The number of pyridine rings is 1. The van der Waals surface area contributed by atoms with Crippen molar-refractivity contribution < 1.29 is 13.9 Å². The summed E-state index contributed by atoms with van der Waals surface area (Å²) in [5, 5.41) is 0. The van der Waals surface area contributed by atoms with E-state index in [0.29, 0.717) is 30.0 Å². The van der Waals surface area contributed by atoms with Gasteiger partial charge in [-0.15, -0.1) is 0 Å². The SMILES string of the molecule is Cc1ccc2nc(C)c(C(=O)CCc3ccc(Oc4ccc(F)cc4)cc3)n2c1. The van der Waals surface area contributed by atoms with Crippen LogP contribution in [0.2, 0.25) is 0 Å². The summed E-state index contributed by atoms with van der Waals surface area (Å²) in [6.07, 6.45) is 2.99. The molecule has 146 valence electrons. The number of aryl methyl sites for hydroxylation is 3. The topological polar surface area (TPSA) is 43.6 Å². The van der Waals surface area contributed by atoms with Crippen molar-refractivity contribution in [2.45, 2.75) is 26.7 Å². The Labute approximate surface area is 168 Å². The van der Waals surface area contributed by atoms with Gasteiger partial charge in [-0.25, -0.2) is 9.37 Å². The molecule has 0 bridgehead atoms. The lowest BCUT2D eigenvalue weighted by Crippen LogP contribution is -2.07. The van der Waals surface area contributed by atoms with Crippen molar-refractivity contribution in [1.29, 1.82) is 0 Å². The number of aromatic nitrogens is 2. The van der Waals surface area contributed by atoms with Gasteiger partial charge in [-0.3, -0.25) is 9.20 Å². The minimum absolute atomic E-state index is 0.0761. The van der Waals surface area contributed by atoms with Crippen LogP contribution >= 0.6 is 0 Å². The summed E-state index contributed by atoms with van der Waals surface area (Å²) >= 11 is 0. The van der Waals surface area contributed by atoms with Gasteiger partial charge in [0.25, 0.3) is 0 Å². The van der Waals surface area contributed by atoms with E-state index in [9.17, 15) is 9.18 Å². The number of benzene rings is 2. The van der Waals surface area contributed by atoms with Gasteiger partial charge in [0, 0.05) is 12.6 Å². The average Bonchev–Trinajstić information content (AvgIpc) is 3.04. The third-order valence-corrected chi connectivity index (χ3v) is 4.82. The second kappa shape index (κ2) is 7.87. The zero-order chi connectivity index (χ0) is 20.4. The molecule has 4 nitrogen and oxygen atoms in total. The number of carbonyl (C=O) groups is 1. The standard InChI is InChI=1S/C24H21FN2O2/c1-16-3-14-23-26-17(2)24(27(23)15-16)22(28)13-6-18-4-9-20(10-5-18)29-21-11-7-19(25)8-12-21/h3-5,7-12,14-15H,6,13H2,1-2H3. The average molecular weight is 388 g/mol. The molecule has 2 heterocycles. The fraction of sp³-hybridized carbons (Fsp3) is 0.167. The van der Waals surface area contributed by atoms with Gasteiger partial charge in [-0.05, 0) is 73.9 Å². The van der Waals surface area contributed by atoms with E-state index >= 15 is 0 Å². The van der Waals surface area contributed by atoms with E-state index in [1.807, 2.05) is 60.8 Å². The molecule has 0 aliphatic carbocycles. The lowest BCUT2D eigenvalue weighted by molar-refractivity contribution is 0.0976. The molecule has 4 aromatic rings. The van der Waals surface area contributed by atoms with Crippen LogP contribution in [-0.2, 0) is 6.42 Å². The quantitative estimate of drug-likeness (QED) is 0.398. The first-order valence-electron chi connectivity index (χ1n) is 9.50. The maximum atomic E-state index is 13.0. The number of ether oxygens (including phenoxy) is 1. The smallest absolute Gasteiger partial charge is 0.181 e. The Morgan fingerprint density at radius 3 is 2.31 bits per heavy atom. The Morgan fingerprint density at radius 1 is 0.966 bits per heavy atom. The van der Waals surface area contributed by atoms with Crippen LogP contribution in [0, 0.1) is 19.7 Å². The predicted octanol–water partition coefficient (Wildman–Crippen LogP) is 5.70. The largest absolute Gasteiger partial charge is 0.457 e. The van der Waals surface area contributed by atoms with Gasteiger partial charge in [-0.1, -0.05) is 18.2 Å². The number of ketones is 1. The van der Waals surface area contributed by atoms with Crippen LogP contribution in [0.25, 0.3) is 5.65 Å². The van der Waals surface area contributed by atoms with Crippen LogP contribution in [-0.4, -0.2) is 15.2 Å². The molecule has 0 aliphatic rings. The number of hydrogen-bond acceptors (Lipinski definition) is 3. The van der Waals surface area contributed by atoms with Gasteiger partial charge in [-0.2, -0.15) is 0 Å². The molecule has 0 radical (unpaired) electrons. The Kier molecular flexibility index (Phi) is 5.12. The molecule has 0 aliphatic heterocycles. The highest BCUT2D eigenvalue weighted by molar-refractivity contribution is 5.96. The third-order valence-electron chi connectivity index (χ3n) is 4.82. The molecule has 29 heavy (non-hydrogen) atoms. The number of rotatable bonds is 6. The van der Waals surface area contributed by atoms with Crippen LogP contribution in [0.4, 0.5) is 4.39 Å². The van der Waals surface area contributed by atoms with E-state index < -0.39 is 0 Å². The molecule has 0 N–H and O–H groups in total. The first kappa shape index (κ1) is 18.9. The molecule has 0 unspecified atom stereocenters. The van der Waals surface area contributed by atoms with Crippen molar-refractivity contribution in [1.82, 2.24) is 9.38 Å². The number of hydrogen-bond donors (Lipinski definition) is 0. The van der Waals surface area contributed by atoms with Crippen LogP contribution in [0.3, 0.4) is 0 Å². The monoisotopic (exact) mass is 388 g/mol. The summed E-state index contributed by atoms with van der Waals surface area (Å²) in [6.45, 7) is 3.87. The van der Waals surface area contributed by atoms with E-state index in [0.717, 1.165) is 22.5 Å². The highest BCUT2D eigenvalue weighted by atomic mass is 19.1. The second-order valence-electron chi connectivity index (χ2n) is 7.10. The van der Waals surface area contributed by atoms with Crippen LogP contribution in [0.5, 0.6) is 11.5 Å². The molecule has 4 rings (SSSR count). The summed E-state index contributed by atoms with van der Waals surface area (Å²) in [4.78, 5) is 17.3. The lowest BCUT2D eigenvalue weighted by atomic mass is 10.1. The van der Waals surface area contributed by atoms with E-state index in [-0.39, 0.29) is 11.6 Å². The zero-order valence-electron chi connectivity index (χ0n) is 16.4.